The van der Waals surface area contributed by atoms with Gasteiger partial charge >= 0.3 is 0 Å². The van der Waals surface area contributed by atoms with Gasteiger partial charge in [0.05, 0.1) is 6.54 Å². The highest BCUT2D eigenvalue weighted by Gasteiger charge is 2.00. The smallest absolute Gasteiger partial charge is 0.102 e. The van der Waals surface area contributed by atoms with Crippen molar-refractivity contribution >= 4 is 17.3 Å². The predicted molar refractivity (Wildman–Crippen MR) is 64.5 cm³/mol. The summed E-state index contributed by atoms with van der Waals surface area (Å²) in [6.07, 6.45) is 1.88. The van der Waals surface area contributed by atoms with Crippen molar-refractivity contribution in [3.63, 3.8) is 0 Å². The molecule has 4 nitrogen and oxygen atoms in total. The van der Waals surface area contributed by atoms with Gasteiger partial charge in [-0.2, -0.15) is 0 Å². The van der Waals surface area contributed by atoms with Gasteiger partial charge in [0.25, 0.3) is 0 Å². The Hall–Kier alpha value is -1.55. The summed E-state index contributed by atoms with van der Waals surface area (Å²) in [5.41, 5.74) is 2.96. The van der Waals surface area contributed by atoms with Gasteiger partial charge in [0.2, 0.25) is 0 Å². The van der Waals surface area contributed by atoms with Gasteiger partial charge in [0.1, 0.15) is 5.69 Å². The summed E-state index contributed by atoms with van der Waals surface area (Å²) in [6.45, 7) is 2.63. The van der Waals surface area contributed by atoms with Crippen molar-refractivity contribution in [2.24, 2.45) is 7.05 Å². The van der Waals surface area contributed by atoms with E-state index in [9.17, 15) is 0 Å². The molecular formula is C11H13ClN4. The number of nitrogens with zero attached hydrogens (tertiary/aromatic N) is 3. The summed E-state index contributed by atoms with van der Waals surface area (Å²) < 4.78 is 1.68. The molecule has 1 aromatic heterocycles. The van der Waals surface area contributed by atoms with Crippen LogP contribution < -0.4 is 5.32 Å². The first-order chi connectivity index (χ1) is 7.65. The molecule has 0 saturated carbocycles. The second kappa shape index (κ2) is 4.53. The third-order valence-corrected chi connectivity index (χ3v) is 2.70. The number of aromatic nitrogens is 3. The van der Waals surface area contributed by atoms with Gasteiger partial charge < -0.3 is 5.32 Å². The van der Waals surface area contributed by atoms with Crippen LogP contribution in [0, 0.1) is 6.92 Å². The molecule has 5 heteroatoms. The maximum atomic E-state index is 6.03. The minimum absolute atomic E-state index is 0.646. The molecule has 0 unspecified atom stereocenters. The molecule has 0 aliphatic rings. The van der Waals surface area contributed by atoms with E-state index in [-0.39, 0.29) is 0 Å². The first-order valence-corrected chi connectivity index (χ1v) is 5.38. The van der Waals surface area contributed by atoms with Crippen molar-refractivity contribution in [2.45, 2.75) is 13.5 Å². The van der Waals surface area contributed by atoms with E-state index < -0.39 is 0 Å². The largest absolute Gasteiger partial charge is 0.379 e. The summed E-state index contributed by atoms with van der Waals surface area (Å²) in [5.74, 6) is 0. The van der Waals surface area contributed by atoms with Crippen LogP contribution in [0.3, 0.4) is 0 Å². The molecule has 84 valence electrons. The minimum Gasteiger partial charge on any atom is -0.379 e. The van der Waals surface area contributed by atoms with Crippen molar-refractivity contribution in [2.75, 3.05) is 5.32 Å². The molecule has 1 N–H and O–H groups in total. The molecule has 0 saturated heterocycles. The van der Waals surface area contributed by atoms with Crippen molar-refractivity contribution in [3.05, 3.63) is 40.7 Å². The summed E-state index contributed by atoms with van der Waals surface area (Å²) in [6, 6.07) is 5.90. The molecule has 2 aromatic rings. The number of hydrogen-bond acceptors (Lipinski definition) is 3. The second-order valence-electron chi connectivity index (χ2n) is 3.70. The van der Waals surface area contributed by atoms with Gasteiger partial charge in [0.15, 0.2) is 0 Å². The van der Waals surface area contributed by atoms with Crippen LogP contribution in [0.1, 0.15) is 11.3 Å². The molecule has 1 aromatic carbocycles. The molecule has 16 heavy (non-hydrogen) atoms. The quantitative estimate of drug-likeness (QED) is 0.890. The third-order valence-electron chi connectivity index (χ3n) is 2.30. The topological polar surface area (TPSA) is 42.7 Å². The molecule has 2 rings (SSSR count). The Morgan fingerprint density at radius 1 is 1.44 bits per heavy atom. The zero-order valence-electron chi connectivity index (χ0n) is 9.24. The zero-order valence-corrected chi connectivity index (χ0v) is 9.99. The van der Waals surface area contributed by atoms with Crippen LogP contribution in [0.5, 0.6) is 0 Å². The van der Waals surface area contributed by atoms with Crippen LogP contribution in [0.25, 0.3) is 0 Å². The number of rotatable bonds is 3. The van der Waals surface area contributed by atoms with Crippen LogP contribution in [0.4, 0.5) is 5.69 Å². The van der Waals surface area contributed by atoms with E-state index >= 15 is 0 Å². The summed E-state index contributed by atoms with van der Waals surface area (Å²) in [5, 5.41) is 11.9. The normalized spacial score (nSPS) is 10.4. The first kappa shape index (κ1) is 11.0. The molecule has 0 atom stereocenters. The maximum Gasteiger partial charge on any atom is 0.102 e. The number of nitrogens with one attached hydrogen (secondary N) is 1. The number of benzene rings is 1. The standard InChI is InChI=1S/C11H13ClN4/c1-8-3-4-9(5-11(8)12)13-6-10-7-16(2)15-14-10/h3-5,7,13H,6H2,1-2H3. The SMILES string of the molecule is Cc1ccc(NCc2cn(C)nn2)cc1Cl. The molecule has 0 aliphatic heterocycles. The molecule has 0 radical (unpaired) electrons. The predicted octanol–water partition coefficient (Wildman–Crippen LogP) is 2.39. The maximum absolute atomic E-state index is 6.03. The second-order valence-corrected chi connectivity index (χ2v) is 4.11. The van der Waals surface area contributed by atoms with E-state index in [0.717, 1.165) is 22.0 Å². The highest BCUT2D eigenvalue weighted by atomic mass is 35.5. The van der Waals surface area contributed by atoms with E-state index in [1.165, 1.54) is 0 Å². The fourth-order valence-corrected chi connectivity index (χ4v) is 1.55. The molecule has 0 amide bonds. The lowest BCUT2D eigenvalue weighted by Crippen LogP contribution is -1.99. The molecule has 1 heterocycles. The zero-order chi connectivity index (χ0) is 11.5. The lowest BCUT2D eigenvalue weighted by atomic mass is 10.2. The Balaban J connectivity index is 2.02. The highest BCUT2D eigenvalue weighted by molar-refractivity contribution is 6.31. The Kier molecular flexibility index (Phi) is 3.10. The Labute approximate surface area is 99.2 Å². The van der Waals surface area contributed by atoms with Gasteiger partial charge in [-0.3, -0.25) is 4.68 Å². The van der Waals surface area contributed by atoms with Gasteiger partial charge in [-0.05, 0) is 24.6 Å². The van der Waals surface area contributed by atoms with E-state index in [0.29, 0.717) is 6.54 Å². The van der Waals surface area contributed by atoms with E-state index in [1.54, 1.807) is 4.68 Å². The van der Waals surface area contributed by atoms with E-state index in [4.69, 9.17) is 11.6 Å². The van der Waals surface area contributed by atoms with Crippen molar-refractivity contribution in [1.29, 1.82) is 0 Å². The van der Waals surface area contributed by atoms with Gasteiger partial charge in [-0.15, -0.1) is 5.10 Å². The third kappa shape index (κ3) is 2.52. The van der Waals surface area contributed by atoms with Crippen LogP contribution in [0.2, 0.25) is 5.02 Å². The molecule has 0 spiro atoms. The van der Waals surface area contributed by atoms with Gasteiger partial charge in [0, 0.05) is 24.0 Å². The van der Waals surface area contributed by atoms with Crippen molar-refractivity contribution in [3.8, 4) is 0 Å². The Morgan fingerprint density at radius 3 is 2.88 bits per heavy atom. The Bertz CT molecular complexity index is 492. The van der Waals surface area contributed by atoms with Gasteiger partial charge in [-0.1, -0.05) is 22.9 Å². The van der Waals surface area contributed by atoms with Crippen molar-refractivity contribution in [1.82, 2.24) is 15.0 Å². The van der Waals surface area contributed by atoms with Crippen molar-refractivity contribution < 1.29 is 0 Å². The monoisotopic (exact) mass is 236 g/mol. The molecule has 0 aliphatic carbocycles. The first-order valence-electron chi connectivity index (χ1n) is 5.00. The van der Waals surface area contributed by atoms with E-state index in [1.807, 2.05) is 38.4 Å². The average molecular weight is 237 g/mol. The minimum atomic E-state index is 0.646. The number of halogens is 1. The molecular weight excluding hydrogens is 224 g/mol. The lowest BCUT2D eigenvalue weighted by molar-refractivity contribution is 0.713. The summed E-state index contributed by atoms with van der Waals surface area (Å²) >= 11 is 6.03. The van der Waals surface area contributed by atoms with E-state index in [2.05, 4.69) is 15.6 Å². The lowest BCUT2D eigenvalue weighted by Gasteiger charge is -2.05. The fraction of sp³-hybridized carbons (Fsp3) is 0.273. The summed E-state index contributed by atoms with van der Waals surface area (Å²) in [7, 11) is 1.85. The number of anilines is 1. The average Bonchev–Trinajstić information content (AvgIpc) is 2.66. The van der Waals surface area contributed by atoms with Crippen LogP contribution in [-0.2, 0) is 13.6 Å². The molecule has 0 fully saturated rings. The van der Waals surface area contributed by atoms with Gasteiger partial charge in [-0.25, -0.2) is 0 Å². The van der Waals surface area contributed by atoms with Crippen LogP contribution >= 0.6 is 11.6 Å². The fourth-order valence-electron chi connectivity index (χ4n) is 1.37. The molecule has 0 bridgehead atoms. The summed E-state index contributed by atoms with van der Waals surface area (Å²) in [4.78, 5) is 0. The number of hydrogen-bond donors (Lipinski definition) is 1. The van der Waals surface area contributed by atoms with Crippen LogP contribution in [-0.4, -0.2) is 15.0 Å². The Morgan fingerprint density at radius 2 is 2.25 bits per heavy atom. The van der Waals surface area contributed by atoms with Crippen LogP contribution in [0.15, 0.2) is 24.4 Å². The highest BCUT2D eigenvalue weighted by Crippen LogP contribution is 2.20. The number of aryl methyl sites for hydroxylation is 2.